The molecule has 0 spiro atoms. The normalized spacial score (nSPS) is 14.2. The molecule has 200 valence electrons. The van der Waals surface area contributed by atoms with Gasteiger partial charge in [0, 0.05) is 6.54 Å². The van der Waals surface area contributed by atoms with E-state index in [2.05, 4.69) is 20.9 Å². The number of hydrogen-bond acceptors (Lipinski definition) is 8. The molecule has 15 heteroatoms. The molecule has 0 aromatic heterocycles. The van der Waals surface area contributed by atoms with Crippen molar-refractivity contribution in [3.63, 3.8) is 0 Å². The molecule has 0 aromatic rings. The van der Waals surface area contributed by atoms with Crippen molar-refractivity contribution in [1.29, 1.82) is 0 Å². The molecule has 0 bridgehead atoms. The molecule has 0 aliphatic heterocycles. The predicted molar refractivity (Wildman–Crippen MR) is 131 cm³/mol. The number of nitrogens with two attached hydrogens (primary N) is 3. The van der Waals surface area contributed by atoms with Gasteiger partial charge in [0.1, 0.15) is 18.1 Å². The minimum Gasteiger partial charge on any atom is -0.481 e. The van der Waals surface area contributed by atoms with Gasteiger partial charge in [0.25, 0.3) is 0 Å². The zero-order valence-corrected chi connectivity index (χ0v) is 21.0. The van der Waals surface area contributed by atoms with Gasteiger partial charge < -0.3 is 43.4 Å². The smallest absolute Gasteiger partial charge is 0.326 e. The van der Waals surface area contributed by atoms with Crippen molar-refractivity contribution in [2.24, 2.45) is 28.1 Å². The Kier molecular flexibility index (Phi) is 15.1. The molecule has 0 saturated carbocycles. The van der Waals surface area contributed by atoms with Crippen molar-refractivity contribution in [3.05, 3.63) is 0 Å². The van der Waals surface area contributed by atoms with Crippen LogP contribution >= 0.6 is 11.8 Å². The summed E-state index contributed by atoms with van der Waals surface area (Å²) in [4.78, 5) is 64.3. The van der Waals surface area contributed by atoms with Gasteiger partial charge in [-0.1, -0.05) is 13.8 Å². The SMILES string of the molecule is CSCCC(NC(=O)C(N)C(C)C)C(=O)NC(CCCN=C(N)N)C(=O)NC(CC(=O)O)C(=O)O. The largest absolute Gasteiger partial charge is 0.481 e. The molecule has 3 amide bonds. The number of carboxylic acid groups (broad SMARTS) is 2. The van der Waals surface area contributed by atoms with Gasteiger partial charge >= 0.3 is 11.9 Å². The summed E-state index contributed by atoms with van der Waals surface area (Å²) < 4.78 is 0. The van der Waals surface area contributed by atoms with Crippen LogP contribution in [-0.4, -0.2) is 88.6 Å². The summed E-state index contributed by atoms with van der Waals surface area (Å²) in [6, 6.07) is -4.78. The monoisotopic (exact) mass is 519 g/mol. The minimum absolute atomic E-state index is 0.0163. The Morgan fingerprint density at radius 1 is 0.886 bits per heavy atom. The molecule has 0 aliphatic carbocycles. The second-order valence-corrected chi connectivity index (χ2v) is 9.11. The molecule has 0 aliphatic rings. The fraction of sp³-hybridized carbons (Fsp3) is 0.700. The number of nitrogens with zero attached hydrogens (tertiary/aromatic N) is 1. The van der Waals surface area contributed by atoms with Gasteiger partial charge in [0.05, 0.1) is 12.5 Å². The topological polar surface area (TPSA) is 252 Å². The Morgan fingerprint density at radius 3 is 1.86 bits per heavy atom. The quantitative estimate of drug-likeness (QED) is 0.0580. The standard InChI is InChI=1S/C20H37N7O7S/c1-10(2)15(21)18(32)26-12(6-8-35-3)17(31)25-11(5-4-7-24-20(22)23)16(30)27-13(19(33)34)9-14(28)29/h10-13,15H,4-9,21H2,1-3H3,(H,25,31)(H,26,32)(H,27,30)(H,28,29)(H,33,34)(H4,22,23,24). The molecule has 0 rings (SSSR count). The lowest BCUT2D eigenvalue weighted by Gasteiger charge is -2.25. The lowest BCUT2D eigenvalue weighted by molar-refractivity contribution is -0.147. The highest BCUT2D eigenvalue weighted by Gasteiger charge is 2.31. The average Bonchev–Trinajstić information content (AvgIpc) is 2.76. The van der Waals surface area contributed by atoms with Crippen molar-refractivity contribution < 1.29 is 34.2 Å². The Hall–Kier alpha value is -3.07. The summed E-state index contributed by atoms with van der Waals surface area (Å²) in [6.45, 7) is 3.65. The molecule has 4 atom stereocenters. The first kappa shape index (κ1) is 31.9. The van der Waals surface area contributed by atoms with E-state index in [0.717, 1.165) is 0 Å². The number of carboxylic acids is 2. The van der Waals surface area contributed by atoms with Crippen LogP contribution < -0.4 is 33.2 Å². The second kappa shape index (κ2) is 16.5. The Morgan fingerprint density at radius 2 is 1.40 bits per heavy atom. The average molecular weight is 520 g/mol. The van der Waals surface area contributed by atoms with Crippen LogP contribution in [0.15, 0.2) is 4.99 Å². The van der Waals surface area contributed by atoms with Crippen LogP contribution in [0.2, 0.25) is 0 Å². The molecule has 0 fully saturated rings. The first-order valence-corrected chi connectivity index (χ1v) is 12.3. The van der Waals surface area contributed by atoms with Gasteiger partial charge in [-0.3, -0.25) is 24.2 Å². The maximum atomic E-state index is 13.0. The van der Waals surface area contributed by atoms with E-state index in [4.69, 9.17) is 22.3 Å². The van der Waals surface area contributed by atoms with Crippen LogP contribution in [0.5, 0.6) is 0 Å². The third-order valence-corrected chi connectivity index (χ3v) is 5.48. The van der Waals surface area contributed by atoms with Crippen LogP contribution in [0, 0.1) is 5.92 Å². The van der Waals surface area contributed by atoms with Crippen LogP contribution in [0.25, 0.3) is 0 Å². The highest BCUT2D eigenvalue weighted by molar-refractivity contribution is 7.98. The summed E-state index contributed by atoms with van der Waals surface area (Å²) in [5.41, 5.74) is 16.4. The Labute approximate surface area is 208 Å². The molecule has 0 radical (unpaired) electrons. The van der Waals surface area contributed by atoms with Crippen LogP contribution in [-0.2, 0) is 24.0 Å². The van der Waals surface area contributed by atoms with E-state index in [1.165, 1.54) is 11.8 Å². The second-order valence-electron chi connectivity index (χ2n) is 8.12. The van der Waals surface area contributed by atoms with Crippen molar-refractivity contribution in [2.75, 3.05) is 18.6 Å². The number of guanidine groups is 1. The first-order chi connectivity index (χ1) is 16.3. The zero-order valence-electron chi connectivity index (χ0n) is 20.2. The summed E-state index contributed by atoms with van der Waals surface area (Å²) in [5.74, 6) is -4.87. The van der Waals surface area contributed by atoms with Gasteiger partial charge in [0.15, 0.2) is 5.96 Å². The van der Waals surface area contributed by atoms with E-state index >= 15 is 0 Å². The van der Waals surface area contributed by atoms with Crippen molar-refractivity contribution in [3.8, 4) is 0 Å². The highest BCUT2D eigenvalue weighted by atomic mass is 32.2. The van der Waals surface area contributed by atoms with E-state index in [1.54, 1.807) is 13.8 Å². The summed E-state index contributed by atoms with van der Waals surface area (Å²) >= 11 is 1.45. The molecule has 35 heavy (non-hydrogen) atoms. The van der Waals surface area contributed by atoms with Gasteiger partial charge in [-0.05, 0) is 37.2 Å². The summed E-state index contributed by atoms with van der Waals surface area (Å²) in [5, 5.41) is 25.4. The van der Waals surface area contributed by atoms with E-state index in [1.807, 2.05) is 6.26 Å². The van der Waals surface area contributed by atoms with E-state index < -0.39 is 60.2 Å². The highest BCUT2D eigenvalue weighted by Crippen LogP contribution is 2.07. The molecule has 0 saturated heterocycles. The molecule has 11 N–H and O–H groups in total. The number of aliphatic carboxylic acids is 2. The number of hydrogen-bond donors (Lipinski definition) is 8. The van der Waals surface area contributed by atoms with Crippen LogP contribution in [0.3, 0.4) is 0 Å². The third-order valence-electron chi connectivity index (χ3n) is 4.84. The summed E-state index contributed by atoms with van der Waals surface area (Å²) in [7, 11) is 0. The first-order valence-electron chi connectivity index (χ1n) is 11.0. The number of aliphatic imine (C=N–C) groups is 1. The lowest BCUT2D eigenvalue weighted by atomic mass is 10.0. The van der Waals surface area contributed by atoms with E-state index in [9.17, 15) is 29.1 Å². The lowest BCUT2D eigenvalue weighted by Crippen LogP contribution is -2.57. The molecule has 0 heterocycles. The van der Waals surface area contributed by atoms with E-state index in [0.29, 0.717) is 5.75 Å². The number of thioether (sulfide) groups is 1. The van der Waals surface area contributed by atoms with Crippen LogP contribution in [0.4, 0.5) is 0 Å². The predicted octanol–water partition coefficient (Wildman–Crippen LogP) is -2.21. The van der Waals surface area contributed by atoms with Gasteiger partial charge in [-0.2, -0.15) is 11.8 Å². The van der Waals surface area contributed by atoms with E-state index in [-0.39, 0.29) is 37.7 Å². The number of rotatable bonds is 17. The molecule has 0 aromatic carbocycles. The van der Waals surface area contributed by atoms with Gasteiger partial charge in [-0.25, -0.2) is 4.79 Å². The van der Waals surface area contributed by atoms with Gasteiger partial charge in [-0.15, -0.1) is 0 Å². The van der Waals surface area contributed by atoms with Crippen molar-refractivity contribution in [2.45, 2.75) is 63.7 Å². The number of nitrogens with one attached hydrogen (secondary N) is 3. The zero-order chi connectivity index (χ0) is 27.1. The van der Waals surface area contributed by atoms with Crippen LogP contribution in [0.1, 0.15) is 39.5 Å². The maximum absolute atomic E-state index is 13.0. The molecular formula is C20H37N7O7S. The van der Waals surface area contributed by atoms with Crippen molar-refractivity contribution in [1.82, 2.24) is 16.0 Å². The maximum Gasteiger partial charge on any atom is 0.326 e. The molecule has 4 unspecified atom stereocenters. The fourth-order valence-electron chi connectivity index (χ4n) is 2.77. The van der Waals surface area contributed by atoms with Gasteiger partial charge in [0.2, 0.25) is 17.7 Å². The molecule has 14 nitrogen and oxygen atoms in total. The Bertz CT molecular complexity index is 775. The number of amides is 3. The number of carbonyl (C=O) groups excluding carboxylic acids is 3. The summed E-state index contributed by atoms with van der Waals surface area (Å²) in [6.07, 6.45) is 1.48. The minimum atomic E-state index is -1.70. The number of carbonyl (C=O) groups is 5. The van der Waals surface area contributed by atoms with Crippen molar-refractivity contribution >= 4 is 47.4 Å². The molecular weight excluding hydrogens is 482 g/mol. The fourth-order valence-corrected chi connectivity index (χ4v) is 3.24. The Balaban J connectivity index is 5.62. The third kappa shape index (κ3) is 13.4.